The van der Waals surface area contributed by atoms with Gasteiger partial charge in [-0.25, -0.2) is 8.42 Å². The Kier molecular flexibility index (Phi) is 5.29. The highest BCUT2D eigenvalue weighted by Gasteiger charge is 2.21. The maximum Gasteiger partial charge on any atom is 0.322 e. The highest BCUT2D eigenvalue weighted by molar-refractivity contribution is 7.92. The minimum absolute atomic E-state index is 0.0810. The molecule has 0 radical (unpaired) electrons. The molecule has 140 valence electrons. The molecule has 0 fully saturated rings. The lowest BCUT2D eigenvalue weighted by atomic mass is 10.2. The molecule has 0 aliphatic heterocycles. The summed E-state index contributed by atoms with van der Waals surface area (Å²) in [6, 6.07) is 12.5. The van der Waals surface area contributed by atoms with Crippen molar-refractivity contribution in [3.63, 3.8) is 0 Å². The van der Waals surface area contributed by atoms with Crippen LogP contribution >= 0.6 is 11.6 Å². The van der Waals surface area contributed by atoms with Crippen LogP contribution in [-0.2, 0) is 9.84 Å². The molecule has 1 aromatic heterocycles. The fraction of sp³-hybridized carbons (Fsp3) is 0.167. The monoisotopic (exact) mass is 405 g/mol. The Morgan fingerprint density at radius 2 is 1.81 bits per heavy atom. The maximum absolute atomic E-state index is 12.4. The summed E-state index contributed by atoms with van der Waals surface area (Å²) in [6.45, 7) is 3.16. The number of benzene rings is 2. The molecule has 3 rings (SSSR count). The molecule has 0 atom stereocenters. The van der Waals surface area contributed by atoms with Crippen molar-refractivity contribution in [2.24, 2.45) is 0 Å². The third-order valence-electron chi connectivity index (χ3n) is 3.78. The fourth-order valence-electron chi connectivity index (χ4n) is 2.24. The number of nitrogens with zero attached hydrogens (tertiary/aromatic N) is 2. The van der Waals surface area contributed by atoms with Gasteiger partial charge in [-0.3, -0.25) is 10.1 Å². The molecular formula is C18H16ClN3O4S. The van der Waals surface area contributed by atoms with Gasteiger partial charge in [-0.2, -0.15) is 0 Å². The highest BCUT2D eigenvalue weighted by Crippen LogP contribution is 2.22. The standard InChI is InChI=1S/C18H16ClN3O4S/c1-11(2)27(24,25)15-5-3-4-13(10-15)16(23)20-18-22-21-17(26-18)12-6-8-14(19)9-7-12/h3-11H,1-2H3,(H,20,22,23). The van der Waals surface area contributed by atoms with Crippen LogP contribution in [0.2, 0.25) is 5.02 Å². The van der Waals surface area contributed by atoms with E-state index in [0.717, 1.165) is 0 Å². The van der Waals surface area contributed by atoms with E-state index in [9.17, 15) is 13.2 Å². The van der Waals surface area contributed by atoms with Crippen molar-refractivity contribution in [1.29, 1.82) is 0 Å². The number of anilines is 1. The number of aromatic nitrogens is 2. The number of nitrogens with one attached hydrogen (secondary N) is 1. The minimum Gasteiger partial charge on any atom is -0.403 e. The Morgan fingerprint density at radius 3 is 2.48 bits per heavy atom. The van der Waals surface area contributed by atoms with Gasteiger partial charge in [0.1, 0.15) is 0 Å². The molecule has 27 heavy (non-hydrogen) atoms. The summed E-state index contributed by atoms with van der Waals surface area (Å²) in [5.74, 6) is -0.333. The molecule has 0 aliphatic rings. The summed E-state index contributed by atoms with van der Waals surface area (Å²) < 4.78 is 30.0. The second-order valence-corrected chi connectivity index (χ2v) is 8.94. The van der Waals surface area contributed by atoms with E-state index in [2.05, 4.69) is 15.5 Å². The molecule has 9 heteroatoms. The molecule has 7 nitrogen and oxygen atoms in total. The van der Waals surface area contributed by atoms with Gasteiger partial charge in [-0.1, -0.05) is 22.8 Å². The molecule has 0 spiro atoms. The van der Waals surface area contributed by atoms with Gasteiger partial charge in [-0.15, -0.1) is 5.10 Å². The van der Waals surface area contributed by atoms with E-state index in [-0.39, 0.29) is 22.4 Å². The molecular weight excluding hydrogens is 390 g/mol. The van der Waals surface area contributed by atoms with Gasteiger partial charge >= 0.3 is 6.01 Å². The predicted molar refractivity (Wildman–Crippen MR) is 101 cm³/mol. The number of carbonyl (C=O) groups is 1. The number of halogens is 1. The zero-order valence-corrected chi connectivity index (χ0v) is 16.1. The Bertz CT molecular complexity index is 1080. The normalized spacial score (nSPS) is 11.6. The van der Waals surface area contributed by atoms with Crippen molar-refractivity contribution in [2.75, 3.05) is 5.32 Å². The summed E-state index contributed by atoms with van der Waals surface area (Å²) in [5.41, 5.74) is 0.820. The van der Waals surface area contributed by atoms with Crippen molar-refractivity contribution < 1.29 is 17.6 Å². The lowest BCUT2D eigenvalue weighted by molar-refractivity contribution is 0.102. The molecule has 0 saturated heterocycles. The Balaban J connectivity index is 1.79. The summed E-state index contributed by atoms with van der Waals surface area (Å²) in [5, 5.41) is 10.1. The second kappa shape index (κ2) is 7.50. The Labute approximate surface area is 161 Å². The van der Waals surface area contributed by atoms with Crippen molar-refractivity contribution in [3.05, 3.63) is 59.1 Å². The van der Waals surface area contributed by atoms with Gasteiger partial charge in [0.15, 0.2) is 9.84 Å². The van der Waals surface area contributed by atoms with Crippen molar-refractivity contribution >= 4 is 33.4 Å². The fourth-order valence-corrected chi connectivity index (χ4v) is 3.47. The van der Waals surface area contributed by atoms with Crippen LogP contribution in [0.3, 0.4) is 0 Å². The Hall–Kier alpha value is -2.71. The quantitative estimate of drug-likeness (QED) is 0.692. The molecule has 1 amide bonds. The van der Waals surface area contributed by atoms with Gasteiger partial charge < -0.3 is 4.42 Å². The largest absolute Gasteiger partial charge is 0.403 e. The van der Waals surface area contributed by atoms with Crippen LogP contribution in [0.4, 0.5) is 6.01 Å². The van der Waals surface area contributed by atoms with E-state index in [4.69, 9.17) is 16.0 Å². The van der Waals surface area contributed by atoms with Crippen LogP contribution in [0.15, 0.2) is 57.8 Å². The Morgan fingerprint density at radius 1 is 1.11 bits per heavy atom. The molecule has 0 unspecified atom stereocenters. The molecule has 0 aliphatic carbocycles. The van der Waals surface area contributed by atoms with Crippen molar-refractivity contribution in [2.45, 2.75) is 24.0 Å². The highest BCUT2D eigenvalue weighted by atomic mass is 35.5. The molecule has 1 heterocycles. The number of amides is 1. The van der Waals surface area contributed by atoms with Crippen molar-refractivity contribution in [1.82, 2.24) is 10.2 Å². The topological polar surface area (TPSA) is 102 Å². The third-order valence-corrected chi connectivity index (χ3v) is 6.19. The van der Waals surface area contributed by atoms with E-state index in [1.807, 2.05) is 0 Å². The first-order valence-corrected chi connectivity index (χ1v) is 9.94. The smallest absolute Gasteiger partial charge is 0.322 e. The number of hydrogen-bond acceptors (Lipinski definition) is 6. The van der Waals surface area contributed by atoms with Gasteiger partial charge in [0, 0.05) is 16.1 Å². The SMILES string of the molecule is CC(C)S(=O)(=O)c1cccc(C(=O)Nc2nnc(-c3ccc(Cl)cc3)o2)c1. The van der Waals surface area contributed by atoms with E-state index in [1.54, 1.807) is 38.1 Å². The first-order valence-electron chi connectivity index (χ1n) is 8.02. The summed E-state index contributed by atoms with van der Waals surface area (Å²) in [4.78, 5) is 12.5. The van der Waals surface area contributed by atoms with E-state index in [1.165, 1.54) is 24.3 Å². The molecule has 1 N–H and O–H groups in total. The maximum atomic E-state index is 12.4. The number of sulfone groups is 1. The number of carbonyl (C=O) groups excluding carboxylic acids is 1. The molecule has 0 bridgehead atoms. The zero-order valence-electron chi connectivity index (χ0n) is 14.5. The molecule has 3 aromatic rings. The number of hydrogen-bond donors (Lipinski definition) is 1. The summed E-state index contributed by atoms with van der Waals surface area (Å²) >= 11 is 5.84. The first kappa shape index (κ1) is 19.1. The second-order valence-electron chi connectivity index (χ2n) is 5.99. The molecule has 0 saturated carbocycles. The average Bonchev–Trinajstić information content (AvgIpc) is 3.10. The van der Waals surface area contributed by atoms with E-state index in [0.29, 0.717) is 10.6 Å². The minimum atomic E-state index is -3.48. The van der Waals surface area contributed by atoms with E-state index >= 15 is 0 Å². The van der Waals surface area contributed by atoms with Crippen LogP contribution in [-0.4, -0.2) is 29.8 Å². The average molecular weight is 406 g/mol. The molecule has 2 aromatic carbocycles. The van der Waals surface area contributed by atoms with Crippen LogP contribution in [0.25, 0.3) is 11.5 Å². The van der Waals surface area contributed by atoms with Crippen LogP contribution in [0.5, 0.6) is 0 Å². The van der Waals surface area contributed by atoms with Crippen LogP contribution < -0.4 is 5.32 Å². The number of rotatable bonds is 5. The van der Waals surface area contributed by atoms with Crippen LogP contribution in [0.1, 0.15) is 24.2 Å². The van der Waals surface area contributed by atoms with Gasteiger partial charge in [0.25, 0.3) is 5.91 Å². The van der Waals surface area contributed by atoms with E-state index < -0.39 is 21.0 Å². The van der Waals surface area contributed by atoms with Gasteiger partial charge in [0.2, 0.25) is 5.89 Å². The lowest BCUT2D eigenvalue weighted by Crippen LogP contribution is -2.16. The predicted octanol–water partition coefficient (Wildman–Crippen LogP) is 3.82. The zero-order chi connectivity index (χ0) is 19.6. The van der Waals surface area contributed by atoms with Gasteiger partial charge in [0.05, 0.1) is 10.1 Å². The third kappa shape index (κ3) is 4.17. The van der Waals surface area contributed by atoms with Crippen LogP contribution in [0, 0.1) is 0 Å². The van der Waals surface area contributed by atoms with Crippen molar-refractivity contribution in [3.8, 4) is 11.5 Å². The summed E-state index contributed by atoms with van der Waals surface area (Å²) in [6.07, 6.45) is 0. The van der Waals surface area contributed by atoms with Gasteiger partial charge in [-0.05, 0) is 56.3 Å². The first-order chi connectivity index (χ1) is 12.8. The lowest BCUT2D eigenvalue weighted by Gasteiger charge is -2.09. The summed E-state index contributed by atoms with van der Waals surface area (Å²) in [7, 11) is -3.48.